The number of esters is 1. The maximum Gasteiger partial charge on any atom is 0.341 e. The van der Waals surface area contributed by atoms with Gasteiger partial charge in [-0.25, -0.2) is 4.79 Å². The number of hydrogen-bond donors (Lipinski definition) is 2. The molecule has 0 saturated heterocycles. The molecule has 0 aromatic heterocycles. The first kappa shape index (κ1) is 27.4. The van der Waals surface area contributed by atoms with Crippen LogP contribution in [0, 0.1) is 11.3 Å². The van der Waals surface area contributed by atoms with Gasteiger partial charge in [0.05, 0.1) is 33.5 Å². The fourth-order valence-electron chi connectivity index (χ4n) is 4.68. The van der Waals surface area contributed by atoms with Gasteiger partial charge in [0.1, 0.15) is 35.5 Å². The number of rotatable bonds is 8. The monoisotopic (exact) mass is 585 g/mol. The van der Waals surface area contributed by atoms with Gasteiger partial charge < -0.3 is 19.3 Å². The van der Waals surface area contributed by atoms with Crippen molar-refractivity contribution in [2.75, 3.05) is 13.7 Å². The number of carbonyl (C=O) groups is 1. The van der Waals surface area contributed by atoms with Crippen molar-refractivity contribution < 1.29 is 24.1 Å². The number of aliphatic hydroxyl groups excluding tert-OH is 1. The van der Waals surface area contributed by atoms with Gasteiger partial charge in [-0.2, -0.15) is 0 Å². The van der Waals surface area contributed by atoms with Crippen LogP contribution in [0.5, 0.6) is 11.5 Å². The molecule has 0 spiro atoms. The maximum atomic E-state index is 12.2. The van der Waals surface area contributed by atoms with Crippen molar-refractivity contribution in [1.29, 1.82) is 5.41 Å². The summed E-state index contributed by atoms with van der Waals surface area (Å²) in [6, 6.07) is 15.7. The van der Waals surface area contributed by atoms with Crippen LogP contribution in [0.25, 0.3) is 0 Å². The fraction of sp³-hybridized carbons (Fsp3) is 0.267. The van der Waals surface area contributed by atoms with Crippen LogP contribution in [0.2, 0.25) is 15.1 Å². The highest BCUT2D eigenvalue weighted by Crippen LogP contribution is 2.41. The van der Waals surface area contributed by atoms with Crippen molar-refractivity contribution in [2.45, 2.75) is 31.8 Å². The third-order valence-corrected chi connectivity index (χ3v) is 7.88. The Kier molecular flexibility index (Phi) is 8.08. The molecular weight excluding hydrogens is 561 g/mol. The molecule has 202 valence electrons. The number of halogens is 3. The van der Waals surface area contributed by atoms with E-state index in [2.05, 4.69) is 0 Å². The number of ether oxygens (including phenoxy) is 3. The molecule has 1 aliphatic heterocycles. The average Bonchev–Trinajstić information content (AvgIpc) is 3.78. The number of carbonyl (C=O) groups excluding carboxylic acids is 1. The summed E-state index contributed by atoms with van der Waals surface area (Å²) >= 11 is 19.3. The Labute approximate surface area is 241 Å². The Morgan fingerprint density at radius 2 is 1.74 bits per heavy atom. The second kappa shape index (κ2) is 11.5. The molecule has 1 saturated carbocycles. The summed E-state index contributed by atoms with van der Waals surface area (Å²) in [6.45, 7) is -0.0613. The molecule has 1 heterocycles. The molecule has 3 aromatic carbocycles. The zero-order valence-electron chi connectivity index (χ0n) is 21.1. The number of aryl methyl sites for hydroxylation is 1. The van der Waals surface area contributed by atoms with Crippen LogP contribution in [-0.2, 0) is 11.2 Å². The molecular formula is C30H26Cl3NO5. The van der Waals surface area contributed by atoms with Crippen molar-refractivity contribution in [3.05, 3.63) is 103 Å². The summed E-state index contributed by atoms with van der Waals surface area (Å²) in [4.78, 5) is 12.2. The van der Waals surface area contributed by atoms with Crippen LogP contribution in [-0.4, -0.2) is 30.5 Å². The first-order valence-corrected chi connectivity index (χ1v) is 13.7. The quantitative estimate of drug-likeness (QED) is 0.158. The summed E-state index contributed by atoms with van der Waals surface area (Å²) in [5.41, 5.74) is 2.79. The van der Waals surface area contributed by atoms with E-state index in [9.17, 15) is 9.90 Å². The molecule has 0 amide bonds. The van der Waals surface area contributed by atoms with E-state index < -0.39 is 5.97 Å². The normalized spacial score (nSPS) is 17.0. The SMILES string of the molecule is COC(=O)c1cccc2c1OC(c1ccc(OC/C(C(=N)c3c(Cl)cccc3Cl)=C(/O)C3CC3)cc1Cl)CC2. The second-order valence-corrected chi connectivity index (χ2v) is 10.7. The van der Waals surface area contributed by atoms with Crippen LogP contribution in [0.4, 0.5) is 0 Å². The highest BCUT2D eigenvalue weighted by molar-refractivity contribution is 6.41. The van der Waals surface area contributed by atoms with Crippen molar-refractivity contribution >= 4 is 46.5 Å². The number of para-hydroxylation sites is 1. The van der Waals surface area contributed by atoms with Gasteiger partial charge in [-0.15, -0.1) is 0 Å². The lowest BCUT2D eigenvalue weighted by atomic mass is 9.95. The molecule has 2 aliphatic rings. The van der Waals surface area contributed by atoms with E-state index >= 15 is 0 Å². The molecule has 0 bridgehead atoms. The van der Waals surface area contributed by atoms with E-state index in [0.29, 0.717) is 49.7 Å². The van der Waals surface area contributed by atoms with Gasteiger partial charge in [0.25, 0.3) is 0 Å². The van der Waals surface area contributed by atoms with E-state index in [-0.39, 0.29) is 30.1 Å². The van der Waals surface area contributed by atoms with Gasteiger partial charge in [-0.1, -0.05) is 59.1 Å². The number of allylic oxidation sites excluding steroid dienone is 1. The van der Waals surface area contributed by atoms with Crippen molar-refractivity contribution in [2.24, 2.45) is 5.92 Å². The fourth-order valence-corrected chi connectivity index (χ4v) is 5.56. The molecule has 1 unspecified atom stereocenters. The van der Waals surface area contributed by atoms with Crippen molar-refractivity contribution in [1.82, 2.24) is 0 Å². The summed E-state index contributed by atoms with van der Waals surface area (Å²) in [5.74, 6) is 0.643. The third kappa shape index (κ3) is 5.74. The predicted molar refractivity (Wildman–Crippen MR) is 152 cm³/mol. The van der Waals surface area contributed by atoms with Gasteiger partial charge in [-0.3, -0.25) is 5.41 Å². The van der Waals surface area contributed by atoms with Crippen LogP contribution >= 0.6 is 34.8 Å². The number of methoxy groups -OCH3 is 1. The van der Waals surface area contributed by atoms with Gasteiger partial charge in [0, 0.05) is 17.0 Å². The van der Waals surface area contributed by atoms with E-state index in [1.165, 1.54) is 7.11 Å². The lowest BCUT2D eigenvalue weighted by Gasteiger charge is -2.28. The second-order valence-electron chi connectivity index (χ2n) is 9.51. The molecule has 3 aromatic rings. The number of benzene rings is 3. The summed E-state index contributed by atoms with van der Waals surface area (Å²) in [7, 11) is 1.34. The largest absolute Gasteiger partial charge is 0.512 e. The predicted octanol–water partition coefficient (Wildman–Crippen LogP) is 8.17. The molecule has 0 radical (unpaired) electrons. The smallest absolute Gasteiger partial charge is 0.341 e. The zero-order chi connectivity index (χ0) is 27.7. The first-order valence-electron chi connectivity index (χ1n) is 12.5. The van der Waals surface area contributed by atoms with Crippen LogP contribution in [0.1, 0.15) is 52.4 Å². The van der Waals surface area contributed by atoms with E-state index in [4.69, 9.17) is 54.4 Å². The molecule has 1 atom stereocenters. The van der Waals surface area contributed by atoms with Crippen LogP contribution < -0.4 is 9.47 Å². The number of fused-ring (bicyclic) bond motifs is 1. The number of nitrogens with one attached hydrogen (secondary N) is 1. The Morgan fingerprint density at radius 3 is 2.41 bits per heavy atom. The highest BCUT2D eigenvalue weighted by Gasteiger charge is 2.31. The average molecular weight is 587 g/mol. The minimum atomic E-state index is -0.454. The van der Waals surface area contributed by atoms with Crippen molar-refractivity contribution in [3.63, 3.8) is 0 Å². The minimum Gasteiger partial charge on any atom is -0.512 e. The summed E-state index contributed by atoms with van der Waals surface area (Å²) in [6.07, 6.45) is 2.76. The lowest BCUT2D eigenvalue weighted by molar-refractivity contribution is 0.0590. The lowest BCUT2D eigenvalue weighted by Crippen LogP contribution is -2.18. The van der Waals surface area contributed by atoms with Gasteiger partial charge in [0.2, 0.25) is 0 Å². The summed E-state index contributed by atoms with van der Waals surface area (Å²) < 4.78 is 17.2. The topological polar surface area (TPSA) is 88.8 Å². The standard InChI is InChI=1S/C30H26Cl3NO5/c1-37-30(36)20-5-2-4-17-10-13-25(39-29(17)20)19-12-11-18(14-24(19)33)38-15-21(28(35)16-8-9-16)27(34)26-22(31)6-3-7-23(26)32/h2-7,11-12,14,16,25,34-35H,8-10,13,15H2,1H3/b28-21-,34-27?. The molecule has 6 nitrogen and oxygen atoms in total. The summed E-state index contributed by atoms with van der Waals surface area (Å²) in [5, 5.41) is 20.7. The van der Waals surface area contributed by atoms with Crippen LogP contribution in [0.15, 0.2) is 65.9 Å². The molecule has 39 heavy (non-hydrogen) atoms. The highest BCUT2D eigenvalue weighted by atomic mass is 35.5. The first-order chi connectivity index (χ1) is 18.8. The molecule has 2 N–H and O–H groups in total. The van der Waals surface area contributed by atoms with E-state index in [1.54, 1.807) is 36.4 Å². The van der Waals surface area contributed by atoms with Gasteiger partial charge in [0.15, 0.2) is 0 Å². The third-order valence-electron chi connectivity index (χ3n) is 6.93. The Bertz CT molecular complexity index is 1460. The minimum absolute atomic E-state index is 0.00242. The molecule has 1 aliphatic carbocycles. The Morgan fingerprint density at radius 1 is 1.03 bits per heavy atom. The number of hydrogen-bond acceptors (Lipinski definition) is 6. The van der Waals surface area contributed by atoms with Crippen molar-refractivity contribution in [3.8, 4) is 11.5 Å². The van der Waals surface area contributed by atoms with Gasteiger partial charge >= 0.3 is 5.97 Å². The number of aliphatic hydroxyl groups is 1. The van der Waals surface area contributed by atoms with E-state index in [0.717, 1.165) is 30.4 Å². The molecule has 9 heteroatoms. The van der Waals surface area contributed by atoms with Gasteiger partial charge in [-0.05, 0) is 61.6 Å². The van der Waals surface area contributed by atoms with E-state index in [1.807, 2.05) is 18.2 Å². The Balaban J connectivity index is 1.35. The maximum absolute atomic E-state index is 12.2. The molecule has 5 rings (SSSR count). The zero-order valence-corrected chi connectivity index (χ0v) is 23.4. The van der Waals surface area contributed by atoms with Crippen LogP contribution in [0.3, 0.4) is 0 Å². The Hall–Kier alpha value is -3.19. The molecule has 1 fully saturated rings.